The van der Waals surface area contributed by atoms with Gasteiger partial charge in [-0.15, -0.1) is 25.7 Å². The van der Waals surface area contributed by atoms with Crippen molar-refractivity contribution in [3.63, 3.8) is 0 Å². The maximum atomic E-state index is 10.4. The molecule has 1 aliphatic rings. The molecule has 374 valence electrons. The molecule has 0 bridgehead atoms. The Labute approximate surface area is 459 Å². The first-order chi connectivity index (χ1) is 38.8. The third kappa shape index (κ3) is 9.60. The lowest BCUT2D eigenvalue weighted by Crippen LogP contribution is -2.28. The molecular weight excluding hydrogens is 973 g/mol. The number of ether oxygens (including phenoxy) is 4. The van der Waals surface area contributed by atoms with Crippen LogP contribution >= 0.6 is 0 Å². The second kappa shape index (κ2) is 21.9. The molecular formula is C71H46N4O4. The van der Waals surface area contributed by atoms with E-state index in [1.54, 1.807) is 36.4 Å². The number of hydrogen-bond acceptors (Lipinski definition) is 8. The average molecular weight is 1020 g/mol. The van der Waals surface area contributed by atoms with E-state index in [4.69, 9.17) is 44.6 Å². The molecule has 0 aromatic heterocycles. The molecule has 0 atom stereocenters. The second-order valence-electron chi connectivity index (χ2n) is 18.7. The van der Waals surface area contributed by atoms with Crippen LogP contribution in [0.2, 0.25) is 0 Å². The number of fused-ring (bicyclic) bond motifs is 5. The lowest BCUT2D eigenvalue weighted by molar-refractivity contribution is 0.457. The molecule has 79 heavy (non-hydrogen) atoms. The van der Waals surface area contributed by atoms with Gasteiger partial charge in [0, 0.05) is 23.5 Å². The first-order valence-corrected chi connectivity index (χ1v) is 25.3. The van der Waals surface area contributed by atoms with Crippen molar-refractivity contribution in [2.45, 2.75) is 5.41 Å². The molecule has 8 heteroatoms. The molecule has 0 fully saturated rings. The summed E-state index contributed by atoms with van der Waals surface area (Å²) in [6.07, 6.45) is 22.4. The maximum Gasteiger partial charge on any atom is 0.149 e. The van der Waals surface area contributed by atoms with Crippen molar-refractivity contribution in [3.8, 4) is 119 Å². The maximum absolute atomic E-state index is 10.4. The highest BCUT2D eigenvalue weighted by Gasteiger charge is 2.46. The van der Waals surface area contributed by atoms with Gasteiger partial charge in [-0.2, -0.15) is 10.5 Å². The van der Waals surface area contributed by atoms with Crippen LogP contribution in [0.1, 0.15) is 33.4 Å². The molecule has 0 saturated heterocycles. The molecule has 0 spiro atoms. The van der Waals surface area contributed by atoms with E-state index in [9.17, 15) is 10.5 Å². The van der Waals surface area contributed by atoms with Crippen LogP contribution in [0.15, 0.2) is 206 Å². The average Bonchev–Trinajstić information content (AvgIpc) is 4.02. The predicted molar refractivity (Wildman–Crippen MR) is 314 cm³/mol. The third-order valence-corrected chi connectivity index (χ3v) is 14.0. The zero-order valence-corrected chi connectivity index (χ0v) is 42.7. The van der Waals surface area contributed by atoms with Gasteiger partial charge in [-0.1, -0.05) is 133 Å². The van der Waals surface area contributed by atoms with Gasteiger partial charge in [-0.25, -0.2) is 0 Å². The summed E-state index contributed by atoms with van der Waals surface area (Å²) in [6, 6.07) is 72.5. The van der Waals surface area contributed by atoms with E-state index in [1.807, 2.05) is 82.6 Å². The number of terminal acetylenes is 4. The molecule has 10 aromatic carbocycles. The summed E-state index contributed by atoms with van der Waals surface area (Å²) in [5.74, 6) is 14.2. The molecule has 0 heterocycles. The lowest BCUT2D eigenvalue weighted by Gasteiger charge is -2.34. The summed E-state index contributed by atoms with van der Waals surface area (Å²) in [6.45, 7) is 1.35. The van der Waals surface area contributed by atoms with Crippen molar-refractivity contribution in [2.24, 2.45) is 0 Å². The van der Waals surface area contributed by atoms with Gasteiger partial charge in [0.2, 0.25) is 0 Å². The van der Waals surface area contributed by atoms with Crippen LogP contribution in [0.5, 0.6) is 46.0 Å². The highest BCUT2D eigenvalue weighted by atomic mass is 16.5. The number of rotatable bonds is 16. The fraction of sp³-hybridized carbons (Fsp3) is 0.0704. The lowest BCUT2D eigenvalue weighted by atomic mass is 9.67. The van der Waals surface area contributed by atoms with Crippen LogP contribution < -0.4 is 28.7 Å². The minimum atomic E-state index is -0.689. The van der Waals surface area contributed by atoms with Gasteiger partial charge in [0.15, 0.2) is 0 Å². The Morgan fingerprint density at radius 2 is 0.696 bits per heavy atom. The van der Waals surface area contributed by atoms with Gasteiger partial charge in [-0.3, -0.25) is 0 Å². The van der Waals surface area contributed by atoms with Gasteiger partial charge >= 0.3 is 0 Å². The predicted octanol–water partition coefficient (Wildman–Crippen LogP) is 15.4. The smallest absolute Gasteiger partial charge is 0.149 e. The van der Waals surface area contributed by atoms with Crippen molar-refractivity contribution in [2.75, 3.05) is 36.0 Å². The first-order valence-electron chi connectivity index (χ1n) is 25.3. The molecule has 1 aliphatic carbocycles. The SMILES string of the molecule is C#CCN(CC#C)c1cccc(Oc2cccc(Oc3ccc4cc(C5(c6ccc7cc(Oc8cccc(Oc9cccc(N(CC#C)CC#C)c9)c8C#N)ccc7c6)c6ccccc6-c6ccccc65)ccc4c3)c2C#N)c1. The van der Waals surface area contributed by atoms with Crippen molar-refractivity contribution >= 4 is 32.9 Å². The van der Waals surface area contributed by atoms with Gasteiger partial charge in [0.25, 0.3) is 0 Å². The fourth-order valence-electron chi connectivity index (χ4n) is 10.6. The van der Waals surface area contributed by atoms with E-state index in [0.29, 0.717) is 72.2 Å². The highest BCUT2D eigenvalue weighted by molar-refractivity contribution is 5.92. The number of hydrogen-bond donors (Lipinski definition) is 0. The van der Waals surface area contributed by atoms with E-state index < -0.39 is 5.41 Å². The van der Waals surface area contributed by atoms with Gasteiger partial charge in [0.1, 0.15) is 69.3 Å². The number of nitriles is 2. The number of benzene rings is 10. The summed E-state index contributed by atoms with van der Waals surface area (Å²) in [5, 5.41) is 24.8. The van der Waals surface area contributed by atoms with E-state index >= 15 is 0 Å². The topological polar surface area (TPSA) is 91.0 Å². The first kappa shape index (κ1) is 49.9. The minimum absolute atomic E-state index is 0.251. The summed E-state index contributed by atoms with van der Waals surface area (Å²) in [7, 11) is 0. The van der Waals surface area contributed by atoms with Crippen LogP contribution in [0.4, 0.5) is 11.4 Å². The number of nitrogens with zero attached hydrogens (tertiary/aromatic N) is 4. The molecule has 0 N–H and O–H groups in total. The number of anilines is 2. The van der Waals surface area contributed by atoms with E-state index in [-0.39, 0.29) is 11.1 Å². The Morgan fingerprint density at radius 1 is 0.354 bits per heavy atom. The largest absolute Gasteiger partial charge is 0.456 e. The van der Waals surface area contributed by atoms with E-state index in [1.165, 1.54) is 22.3 Å². The van der Waals surface area contributed by atoms with E-state index in [0.717, 1.165) is 44.0 Å². The van der Waals surface area contributed by atoms with E-state index in [2.05, 4.69) is 133 Å². The standard InChI is InChI=1S/C71H46N4O4/c1-5-37-74(38-6-2)55-17-13-19-57(45-55)76-67-25-15-27-69(63(67)47-72)78-59-35-31-49-41-53(33-29-51(49)43-59)71(65-23-11-9-21-61(65)62-22-10-12-24-66(62)71)54-34-30-52-44-60(36-32-50(52)42-54)79-70-28-16-26-68(64(70)48-73)77-58-20-14-18-56(46-58)75(39-7-3)40-8-4/h1-4,9-36,41-46H,37-40H2. The summed E-state index contributed by atoms with van der Waals surface area (Å²) < 4.78 is 25.5. The second-order valence-corrected chi connectivity index (χ2v) is 18.7. The Kier molecular flexibility index (Phi) is 13.8. The van der Waals surface area contributed by atoms with Crippen molar-refractivity contribution in [1.29, 1.82) is 10.5 Å². The zero-order chi connectivity index (χ0) is 54.3. The third-order valence-electron chi connectivity index (χ3n) is 14.0. The summed E-state index contributed by atoms with van der Waals surface area (Å²) in [5.41, 5.74) is 8.34. The molecule has 0 amide bonds. The highest BCUT2D eigenvalue weighted by Crippen LogP contribution is 2.57. The Morgan fingerprint density at radius 3 is 1.08 bits per heavy atom. The Bertz CT molecular complexity index is 3980. The quantitative estimate of drug-likeness (QED) is 0.0884. The van der Waals surface area contributed by atoms with Crippen molar-refractivity contribution in [3.05, 3.63) is 240 Å². The van der Waals surface area contributed by atoms with Crippen LogP contribution in [-0.4, -0.2) is 26.2 Å². The van der Waals surface area contributed by atoms with Crippen LogP contribution in [-0.2, 0) is 5.41 Å². The molecule has 0 radical (unpaired) electrons. The molecule has 0 unspecified atom stereocenters. The monoisotopic (exact) mass is 1020 g/mol. The molecule has 0 aliphatic heterocycles. The molecule has 0 saturated carbocycles. The minimum Gasteiger partial charge on any atom is -0.456 e. The Hall–Kier alpha value is -11.3. The van der Waals surface area contributed by atoms with Gasteiger partial charge < -0.3 is 28.7 Å². The van der Waals surface area contributed by atoms with Gasteiger partial charge in [0.05, 0.1) is 31.6 Å². The van der Waals surface area contributed by atoms with Crippen LogP contribution in [0.25, 0.3) is 32.7 Å². The summed E-state index contributed by atoms with van der Waals surface area (Å²) >= 11 is 0. The molecule has 10 aromatic rings. The van der Waals surface area contributed by atoms with Crippen molar-refractivity contribution in [1.82, 2.24) is 0 Å². The fourth-order valence-corrected chi connectivity index (χ4v) is 10.6. The van der Waals surface area contributed by atoms with Crippen LogP contribution in [0.3, 0.4) is 0 Å². The molecule has 8 nitrogen and oxygen atoms in total. The Balaban J connectivity index is 0.901. The van der Waals surface area contributed by atoms with Crippen LogP contribution in [0, 0.1) is 72.0 Å². The normalized spacial score (nSPS) is 11.5. The summed E-state index contributed by atoms with van der Waals surface area (Å²) in [4.78, 5) is 3.77. The van der Waals surface area contributed by atoms with Gasteiger partial charge in [-0.05, 0) is 140 Å². The molecule has 11 rings (SSSR count). The van der Waals surface area contributed by atoms with Crippen molar-refractivity contribution < 1.29 is 18.9 Å². The zero-order valence-electron chi connectivity index (χ0n) is 42.7.